The van der Waals surface area contributed by atoms with Crippen LogP contribution in [0.25, 0.3) is 22.6 Å². The van der Waals surface area contributed by atoms with Gasteiger partial charge in [0.25, 0.3) is 0 Å². The molecule has 1 aromatic carbocycles. The second-order valence-corrected chi connectivity index (χ2v) is 7.86. The lowest BCUT2D eigenvalue weighted by Gasteiger charge is -2.30. The van der Waals surface area contributed by atoms with Crippen molar-refractivity contribution in [3.8, 4) is 17.4 Å². The molecule has 0 unspecified atom stereocenters. The van der Waals surface area contributed by atoms with Crippen LogP contribution in [0.15, 0.2) is 42.7 Å². The second kappa shape index (κ2) is 8.51. The van der Waals surface area contributed by atoms with Gasteiger partial charge >= 0.3 is 6.01 Å². The van der Waals surface area contributed by atoms with Crippen molar-refractivity contribution < 1.29 is 9.13 Å². The van der Waals surface area contributed by atoms with Crippen molar-refractivity contribution in [1.29, 1.82) is 0 Å². The van der Waals surface area contributed by atoms with Crippen molar-refractivity contribution in [2.75, 3.05) is 25.4 Å². The van der Waals surface area contributed by atoms with Gasteiger partial charge in [-0.3, -0.25) is 9.88 Å². The Labute approximate surface area is 184 Å². The number of pyridine rings is 1. The molecule has 0 bridgehead atoms. The van der Waals surface area contributed by atoms with Crippen LogP contribution in [-0.4, -0.2) is 49.1 Å². The molecule has 0 spiro atoms. The highest BCUT2D eigenvalue weighted by Crippen LogP contribution is 2.28. The Morgan fingerprint density at radius 2 is 1.78 bits per heavy atom. The van der Waals surface area contributed by atoms with Crippen LogP contribution in [0.3, 0.4) is 0 Å². The Kier molecular flexibility index (Phi) is 5.40. The second-order valence-electron chi connectivity index (χ2n) is 7.86. The van der Waals surface area contributed by atoms with Gasteiger partial charge in [-0.25, -0.2) is 9.37 Å². The lowest BCUT2D eigenvalue weighted by Crippen LogP contribution is -2.36. The molecule has 3 aromatic heterocycles. The van der Waals surface area contributed by atoms with Crippen molar-refractivity contribution in [2.24, 2.45) is 0 Å². The molecule has 0 aliphatic carbocycles. The molecule has 4 aromatic rings. The number of nitrogens with two attached hydrogens (primary N) is 1. The van der Waals surface area contributed by atoms with Gasteiger partial charge in [0.15, 0.2) is 17.0 Å². The third-order valence-corrected chi connectivity index (χ3v) is 5.56. The molecular formula is C23H24FN7O. The molecule has 0 atom stereocenters. The number of halogens is 1. The fraction of sp³-hybridized carbons (Fsp3) is 0.304. The van der Waals surface area contributed by atoms with Gasteiger partial charge in [0.05, 0.1) is 19.3 Å². The lowest BCUT2D eigenvalue weighted by atomic mass is 10.1. The summed E-state index contributed by atoms with van der Waals surface area (Å²) in [5, 5.41) is 0. The van der Waals surface area contributed by atoms with Gasteiger partial charge in [-0.2, -0.15) is 9.97 Å². The van der Waals surface area contributed by atoms with Crippen LogP contribution in [-0.2, 0) is 13.1 Å². The molecule has 32 heavy (non-hydrogen) atoms. The lowest BCUT2D eigenvalue weighted by molar-refractivity contribution is 0.172. The minimum atomic E-state index is -0.439. The topological polar surface area (TPSA) is 95.0 Å². The molecule has 1 saturated heterocycles. The Balaban J connectivity index is 1.56. The van der Waals surface area contributed by atoms with Crippen LogP contribution < -0.4 is 10.5 Å². The number of benzene rings is 1. The average Bonchev–Trinajstić information content (AvgIpc) is 3.11. The van der Waals surface area contributed by atoms with E-state index in [1.54, 1.807) is 6.20 Å². The summed E-state index contributed by atoms with van der Waals surface area (Å²) >= 11 is 0. The maximum Gasteiger partial charge on any atom is 0.320 e. The van der Waals surface area contributed by atoms with E-state index in [1.807, 2.05) is 11.5 Å². The summed E-state index contributed by atoms with van der Waals surface area (Å²) in [4.78, 5) is 19.8. The van der Waals surface area contributed by atoms with Crippen molar-refractivity contribution in [3.05, 3.63) is 59.7 Å². The van der Waals surface area contributed by atoms with Crippen LogP contribution in [0, 0.1) is 5.82 Å². The van der Waals surface area contributed by atoms with Gasteiger partial charge < -0.3 is 15.0 Å². The number of imidazole rings is 1. The quantitative estimate of drug-likeness (QED) is 0.478. The zero-order valence-electron chi connectivity index (χ0n) is 17.8. The van der Waals surface area contributed by atoms with E-state index in [1.165, 1.54) is 18.1 Å². The van der Waals surface area contributed by atoms with Gasteiger partial charge in [-0.15, -0.1) is 0 Å². The zero-order chi connectivity index (χ0) is 22.1. The first-order valence-electron chi connectivity index (χ1n) is 10.7. The molecule has 0 radical (unpaired) electrons. The molecule has 164 valence electrons. The third kappa shape index (κ3) is 3.99. The number of hydrogen-bond donors (Lipinski definition) is 1. The number of hydrogen-bond acceptors (Lipinski definition) is 7. The number of fused-ring (bicyclic) bond motifs is 1. The Morgan fingerprint density at radius 3 is 2.44 bits per heavy atom. The Bertz CT molecular complexity index is 1250. The van der Waals surface area contributed by atoms with Crippen molar-refractivity contribution in [2.45, 2.75) is 26.4 Å². The first kappa shape index (κ1) is 20.3. The number of nitrogen functional groups attached to an aromatic ring is 1. The fourth-order valence-corrected chi connectivity index (χ4v) is 3.83. The monoisotopic (exact) mass is 433 g/mol. The van der Waals surface area contributed by atoms with Gasteiger partial charge in [-0.1, -0.05) is 24.3 Å². The van der Waals surface area contributed by atoms with Crippen LogP contribution in [0.1, 0.15) is 24.5 Å². The molecule has 1 fully saturated rings. The van der Waals surface area contributed by atoms with E-state index in [4.69, 9.17) is 10.5 Å². The molecule has 9 heteroatoms. The molecule has 0 amide bonds. The molecule has 1 aliphatic heterocycles. The summed E-state index contributed by atoms with van der Waals surface area (Å²) in [6.07, 6.45) is 4.01. The standard InChI is InChI=1S/C23H24FN7O/c1-2-32-23-28-20(25)19-22(29-23)31(21(27-19)17-10-18(24)12-26-11-17)14-16-6-4-15(5-7-16)13-30-8-3-9-30/h4-7,10-12H,2-3,8-9,13-14H2,1H3,(H2,25,28,29). The normalized spacial score (nSPS) is 13.9. The average molecular weight is 433 g/mol. The molecule has 0 saturated carbocycles. The van der Waals surface area contributed by atoms with Gasteiger partial charge in [0.1, 0.15) is 11.6 Å². The minimum absolute atomic E-state index is 0.187. The first-order valence-corrected chi connectivity index (χ1v) is 10.7. The van der Waals surface area contributed by atoms with Crippen molar-refractivity contribution in [1.82, 2.24) is 29.4 Å². The highest BCUT2D eigenvalue weighted by Gasteiger charge is 2.20. The number of anilines is 1. The summed E-state index contributed by atoms with van der Waals surface area (Å²) in [7, 11) is 0. The fourth-order valence-electron chi connectivity index (χ4n) is 3.83. The first-order chi connectivity index (χ1) is 15.6. The molecule has 5 rings (SSSR count). The van der Waals surface area contributed by atoms with Crippen LogP contribution in [0.5, 0.6) is 6.01 Å². The summed E-state index contributed by atoms with van der Waals surface area (Å²) in [5.74, 6) is 0.296. The van der Waals surface area contributed by atoms with E-state index in [2.05, 4.69) is 49.1 Å². The Morgan fingerprint density at radius 1 is 1.03 bits per heavy atom. The highest BCUT2D eigenvalue weighted by molar-refractivity contribution is 5.85. The van der Waals surface area contributed by atoms with Crippen molar-refractivity contribution >= 4 is 17.0 Å². The minimum Gasteiger partial charge on any atom is -0.464 e. The van der Waals surface area contributed by atoms with Crippen LogP contribution in [0.4, 0.5) is 10.2 Å². The van der Waals surface area contributed by atoms with E-state index in [0.29, 0.717) is 35.7 Å². The molecule has 4 heterocycles. The molecular weight excluding hydrogens is 409 g/mol. The van der Waals surface area contributed by atoms with E-state index in [9.17, 15) is 4.39 Å². The summed E-state index contributed by atoms with van der Waals surface area (Å²) < 4.78 is 21.3. The smallest absolute Gasteiger partial charge is 0.320 e. The summed E-state index contributed by atoms with van der Waals surface area (Å²) in [6.45, 7) is 6.05. The zero-order valence-corrected chi connectivity index (χ0v) is 17.8. The molecule has 8 nitrogen and oxygen atoms in total. The number of likely N-dealkylation sites (tertiary alicyclic amines) is 1. The summed E-state index contributed by atoms with van der Waals surface area (Å²) in [6, 6.07) is 10.1. The van der Waals surface area contributed by atoms with E-state index >= 15 is 0 Å². The molecule has 2 N–H and O–H groups in total. The number of rotatable bonds is 7. The van der Waals surface area contributed by atoms with E-state index < -0.39 is 5.82 Å². The highest BCUT2D eigenvalue weighted by atomic mass is 19.1. The number of nitrogens with zero attached hydrogens (tertiary/aromatic N) is 6. The largest absolute Gasteiger partial charge is 0.464 e. The van der Waals surface area contributed by atoms with E-state index in [-0.39, 0.29) is 11.8 Å². The predicted molar refractivity (Wildman–Crippen MR) is 120 cm³/mol. The third-order valence-electron chi connectivity index (χ3n) is 5.56. The maximum absolute atomic E-state index is 13.9. The predicted octanol–water partition coefficient (Wildman–Crippen LogP) is 3.26. The number of ether oxygens (including phenoxy) is 1. The van der Waals surface area contributed by atoms with Crippen LogP contribution >= 0.6 is 0 Å². The molecule has 1 aliphatic rings. The van der Waals surface area contributed by atoms with Crippen LogP contribution in [0.2, 0.25) is 0 Å². The van der Waals surface area contributed by atoms with Crippen molar-refractivity contribution in [3.63, 3.8) is 0 Å². The summed E-state index contributed by atoms with van der Waals surface area (Å²) in [5.41, 5.74) is 10.0. The number of aromatic nitrogens is 5. The van der Waals surface area contributed by atoms with Gasteiger partial charge in [-0.05, 0) is 43.6 Å². The van der Waals surface area contributed by atoms with E-state index in [0.717, 1.165) is 31.4 Å². The van der Waals surface area contributed by atoms with Gasteiger partial charge in [0, 0.05) is 18.3 Å². The van der Waals surface area contributed by atoms with Gasteiger partial charge in [0.2, 0.25) is 0 Å². The SMILES string of the molecule is CCOc1nc(N)c2nc(-c3cncc(F)c3)n(Cc3ccc(CN4CCC4)cc3)c2n1. The maximum atomic E-state index is 13.9. The Hall–Kier alpha value is -3.59.